The Hall–Kier alpha value is -1.16. The van der Waals surface area contributed by atoms with Gasteiger partial charge in [-0.25, -0.2) is 5.43 Å². The molecular weight excluding hydrogens is 280 g/mol. The van der Waals surface area contributed by atoms with Gasteiger partial charge >= 0.3 is 0 Å². The van der Waals surface area contributed by atoms with E-state index in [0.29, 0.717) is 5.56 Å². The minimum atomic E-state index is -0.199. The zero-order valence-corrected chi connectivity index (χ0v) is 12.1. The number of hydrogen-bond acceptors (Lipinski definition) is 2. The topological polar surface area (TPSA) is 41.5 Å². The first kappa shape index (κ1) is 13.9. The van der Waals surface area contributed by atoms with Gasteiger partial charge in [0.05, 0.1) is 0 Å². The summed E-state index contributed by atoms with van der Waals surface area (Å²) in [5.74, 6) is -0.199. The van der Waals surface area contributed by atoms with Crippen LogP contribution < -0.4 is 5.43 Å². The minimum absolute atomic E-state index is 0.0372. The van der Waals surface area contributed by atoms with Crippen LogP contribution in [0.5, 0.6) is 0 Å². The monoisotopic (exact) mass is 296 g/mol. The molecule has 0 bridgehead atoms. The molecule has 0 aliphatic heterocycles. The van der Waals surface area contributed by atoms with Crippen LogP contribution in [0, 0.1) is 5.41 Å². The van der Waals surface area contributed by atoms with E-state index in [1.807, 2.05) is 19.1 Å². The molecule has 1 N–H and O–H groups in total. The van der Waals surface area contributed by atoms with Crippen molar-refractivity contribution in [1.82, 2.24) is 5.43 Å². The van der Waals surface area contributed by atoms with Crippen LogP contribution in [0.25, 0.3) is 0 Å². The van der Waals surface area contributed by atoms with Crippen molar-refractivity contribution in [3.8, 4) is 0 Å². The molecule has 0 aliphatic carbocycles. The Morgan fingerprint density at radius 1 is 1.35 bits per heavy atom. The summed E-state index contributed by atoms with van der Waals surface area (Å²) in [7, 11) is 0. The number of carbonyl (C=O) groups is 1. The summed E-state index contributed by atoms with van der Waals surface area (Å²) in [6.45, 7) is 8.06. The molecule has 0 spiro atoms. The number of carbonyl (C=O) groups excluding carboxylic acids is 1. The molecule has 0 fully saturated rings. The maximum Gasteiger partial charge on any atom is 0.271 e. The van der Waals surface area contributed by atoms with Crippen molar-refractivity contribution in [3.63, 3.8) is 0 Å². The average Bonchev–Trinajstić information content (AvgIpc) is 2.24. The van der Waals surface area contributed by atoms with Crippen LogP contribution >= 0.6 is 15.9 Å². The predicted octanol–water partition coefficient (Wildman–Crippen LogP) is 3.60. The molecule has 0 saturated heterocycles. The summed E-state index contributed by atoms with van der Waals surface area (Å²) in [6.07, 6.45) is 0. The molecule has 17 heavy (non-hydrogen) atoms. The molecule has 3 nitrogen and oxygen atoms in total. The van der Waals surface area contributed by atoms with Crippen LogP contribution in [0.3, 0.4) is 0 Å². The zero-order valence-electron chi connectivity index (χ0n) is 10.5. The van der Waals surface area contributed by atoms with E-state index in [2.05, 4.69) is 47.2 Å². The van der Waals surface area contributed by atoms with E-state index >= 15 is 0 Å². The van der Waals surface area contributed by atoms with Crippen LogP contribution in [0.1, 0.15) is 38.1 Å². The average molecular weight is 297 g/mol. The van der Waals surface area contributed by atoms with Gasteiger partial charge in [0.1, 0.15) is 0 Å². The van der Waals surface area contributed by atoms with Crippen molar-refractivity contribution in [2.75, 3.05) is 0 Å². The first-order chi connectivity index (χ1) is 7.80. The second-order valence-electron chi connectivity index (χ2n) is 4.90. The zero-order chi connectivity index (χ0) is 13.1. The lowest BCUT2D eigenvalue weighted by Gasteiger charge is -2.17. The third-order valence-electron chi connectivity index (χ3n) is 2.50. The van der Waals surface area contributed by atoms with Gasteiger partial charge in [-0.1, -0.05) is 42.8 Å². The van der Waals surface area contributed by atoms with Crippen molar-refractivity contribution < 1.29 is 4.79 Å². The van der Waals surface area contributed by atoms with Crippen molar-refractivity contribution in [3.05, 3.63) is 34.3 Å². The SMILES string of the molecule is CC(=NNC(=O)c1cccc(Br)c1)C(C)(C)C. The standard InChI is InChI=1S/C13H17BrN2O/c1-9(13(2,3)4)15-16-12(17)10-6-5-7-11(14)8-10/h5-8H,1-4H3,(H,16,17). The third-order valence-corrected chi connectivity index (χ3v) is 2.99. The van der Waals surface area contributed by atoms with Gasteiger partial charge in [0.15, 0.2) is 0 Å². The molecule has 0 aromatic heterocycles. The van der Waals surface area contributed by atoms with Gasteiger partial charge in [0.2, 0.25) is 0 Å². The van der Waals surface area contributed by atoms with Crippen molar-refractivity contribution in [2.45, 2.75) is 27.7 Å². The number of hydrazone groups is 1. The van der Waals surface area contributed by atoms with E-state index in [1.165, 1.54) is 0 Å². The number of benzene rings is 1. The Labute approximate surface area is 110 Å². The maximum absolute atomic E-state index is 11.8. The number of rotatable bonds is 2. The molecule has 0 heterocycles. The van der Waals surface area contributed by atoms with E-state index in [1.54, 1.807) is 12.1 Å². The second-order valence-corrected chi connectivity index (χ2v) is 5.81. The van der Waals surface area contributed by atoms with Crippen molar-refractivity contribution >= 4 is 27.5 Å². The lowest BCUT2D eigenvalue weighted by molar-refractivity contribution is 0.0954. The fourth-order valence-electron chi connectivity index (χ4n) is 0.997. The summed E-state index contributed by atoms with van der Waals surface area (Å²) in [4.78, 5) is 11.8. The maximum atomic E-state index is 11.8. The Morgan fingerprint density at radius 3 is 2.53 bits per heavy atom. The Bertz CT molecular complexity index is 447. The van der Waals surface area contributed by atoms with Crippen LogP contribution in [0.15, 0.2) is 33.8 Å². The van der Waals surface area contributed by atoms with Gasteiger partial charge in [-0.3, -0.25) is 4.79 Å². The lowest BCUT2D eigenvalue weighted by Crippen LogP contribution is -2.24. The quantitative estimate of drug-likeness (QED) is 0.657. The van der Waals surface area contributed by atoms with Gasteiger partial charge < -0.3 is 0 Å². The summed E-state index contributed by atoms with van der Waals surface area (Å²) in [5, 5.41) is 4.10. The smallest absolute Gasteiger partial charge is 0.267 e. The number of hydrogen-bond donors (Lipinski definition) is 1. The molecular formula is C13H17BrN2O. The Kier molecular flexibility index (Phi) is 4.46. The number of nitrogens with zero attached hydrogens (tertiary/aromatic N) is 1. The fourth-order valence-corrected chi connectivity index (χ4v) is 1.40. The molecule has 0 radical (unpaired) electrons. The van der Waals surface area contributed by atoms with Gasteiger partial charge in [-0.2, -0.15) is 5.10 Å². The molecule has 0 atom stereocenters. The first-order valence-corrected chi connectivity index (χ1v) is 6.20. The van der Waals surface area contributed by atoms with E-state index in [0.717, 1.165) is 10.2 Å². The predicted molar refractivity (Wildman–Crippen MR) is 74.2 cm³/mol. The summed E-state index contributed by atoms with van der Waals surface area (Å²) < 4.78 is 0.877. The van der Waals surface area contributed by atoms with E-state index < -0.39 is 0 Å². The highest BCUT2D eigenvalue weighted by Crippen LogP contribution is 2.15. The number of halogens is 1. The number of nitrogens with one attached hydrogen (secondary N) is 1. The normalized spacial score (nSPS) is 12.4. The summed E-state index contributed by atoms with van der Waals surface area (Å²) in [6, 6.07) is 7.21. The van der Waals surface area contributed by atoms with Gasteiger partial charge in [-0.05, 0) is 25.1 Å². The minimum Gasteiger partial charge on any atom is -0.267 e. The van der Waals surface area contributed by atoms with Crippen molar-refractivity contribution in [2.24, 2.45) is 10.5 Å². The van der Waals surface area contributed by atoms with Gasteiger partial charge in [0, 0.05) is 21.2 Å². The molecule has 1 rings (SSSR count). The fraction of sp³-hybridized carbons (Fsp3) is 0.385. The Morgan fingerprint density at radius 2 is 2.00 bits per heavy atom. The molecule has 1 aromatic rings. The highest BCUT2D eigenvalue weighted by molar-refractivity contribution is 9.10. The molecule has 0 saturated carbocycles. The second kappa shape index (κ2) is 5.45. The molecule has 0 unspecified atom stereocenters. The van der Waals surface area contributed by atoms with E-state index in [4.69, 9.17) is 0 Å². The summed E-state index contributed by atoms with van der Waals surface area (Å²) >= 11 is 3.33. The first-order valence-electron chi connectivity index (χ1n) is 5.41. The largest absolute Gasteiger partial charge is 0.271 e. The highest BCUT2D eigenvalue weighted by atomic mass is 79.9. The molecule has 1 amide bonds. The third kappa shape index (κ3) is 4.30. The lowest BCUT2D eigenvalue weighted by atomic mass is 9.91. The molecule has 92 valence electrons. The highest BCUT2D eigenvalue weighted by Gasteiger charge is 2.14. The van der Waals surface area contributed by atoms with Gasteiger partial charge in [-0.15, -0.1) is 0 Å². The van der Waals surface area contributed by atoms with Gasteiger partial charge in [0.25, 0.3) is 5.91 Å². The molecule has 1 aromatic carbocycles. The number of amides is 1. The summed E-state index contributed by atoms with van der Waals surface area (Å²) in [5.41, 5.74) is 4.00. The van der Waals surface area contributed by atoms with Crippen LogP contribution in [0.4, 0.5) is 0 Å². The van der Waals surface area contributed by atoms with Crippen molar-refractivity contribution in [1.29, 1.82) is 0 Å². The van der Waals surface area contributed by atoms with Crippen LogP contribution in [0.2, 0.25) is 0 Å². The van der Waals surface area contributed by atoms with Crippen LogP contribution in [-0.2, 0) is 0 Å². The molecule has 4 heteroatoms. The van der Waals surface area contributed by atoms with Crippen LogP contribution in [-0.4, -0.2) is 11.6 Å². The molecule has 0 aliphatic rings. The Balaban J connectivity index is 2.75. The van der Waals surface area contributed by atoms with E-state index in [-0.39, 0.29) is 11.3 Å². The van der Waals surface area contributed by atoms with E-state index in [9.17, 15) is 4.79 Å².